The Kier molecular flexibility index (Phi) is 6.08. The third-order valence-corrected chi connectivity index (χ3v) is 6.86. The molecule has 1 N–H and O–H groups in total. The Hall–Kier alpha value is -3.45. The van der Waals surface area contributed by atoms with E-state index in [0.29, 0.717) is 17.0 Å². The van der Waals surface area contributed by atoms with Crippen molar-refractivity contribution in [3.8, 4) is 5.75 Å². The highest BCUT2D eigenvalue weighted by atomic mass is 32.1. The van der Waals surface area contributed by atoms with Gasteiger partial charge in [-0.15, -0.1) is 0 Å². The van der Waals surface area contributed by atoms with Crippen LogP contribution in [0.1, 0.15) is 44.4 Å². The molecule has 0 atom stereocenters. The molecule has 2 aliphatic rings. The van der Waals surface area contributed by atoms with E-state index in [2.05, 4.69) is 44.0 Å². The quantitative estimate of drug-likeness (QED) is 0.394. The van der Waals surface area contributed by atoms with Gasteiger partial charge < -0.3 is 9.64 Å². The molecule has 0 radical (unpaired) electrons. The van der Waals surface area contributed by atoms with E-state index in [0.717, 1.165) is 28.8 Å². The van der Waals surface area contributed by atoms with Crippen molar-refractivity contribution in [2.24, 2.45) is 0 Å². The third kappa shape index (κ3) is 4.01. The van der Waals surface area contributed by atoms with E-state index in [1.165, 1.54) is 4.90 Å². The van der Waals surface area contributed by atoms with Crippen molar-refractivity contribution in [1.82, 2.24) is 5.32 Å². The smallest absolute Gasteiger partial charge is 0.270 e. The van der Waals surface area contributed by atoms with Gasteiger partial charge in [-0.2, -0.15) is 0 Å². The number of aryl methyl sites for hydroxylation is 1. The molecule has 2 aromatic rings. The summed E-state index contributed by atoms with van der Waals surface area (Å²) >= 11 is 5.33. The number of rotatable bonds is 4. The van der Waals surface area contributed by atoms with Gasteiger partial charge in [0.05, 0.1) is 18.3 Å². The van der Waals surface area contributed by atoms with Crippen LogP contribution < -0.4 is 19.9 Å². The van der Waals surface area contributed by atoms with Crippen molar-refractivity contribution in [1.29, 1.82) is 0 Å². The lowest BCUT2D eigenvalue weighted by Gasteiger charge is -2.41. The molecule has 0 aromatic heterocycles. The SMILES string of the molecule is CCc1ccc(N2C(=O)/C(=C\c3cc4c(cc3OC)N(C)C(C)(C)C=C4C)C(=O)NC2=S)cc1. The van der Waals surface area contributed by atoms with Gasteiger partial charge in [0.1, 0.15) is 11.3 Å². The van der Waals surface area contributed by atoms with Gasteiger partial charge in [-0.05, 0) is 74.8 Å². The second-order valence-corrected chi connectivity index (χ2v) is 9.52. The van der Waals surface area contributed by atoms with Gasteiger partial charge in [-0.1, -0.05) is 25.1 Å². The lowest BCUT2D eigenvalue weighted by atomic mass is 9.88. The second kappa shape index (κ2) is 8.72. The van der Waals surface area contributed by atoms with Gasteiger partial charge in [0.2, 0.25) is 0 Å². The Bertz CT molecular complexity index is 1260. The maximum Gasteiger partial charge on any atom is 0.270 e. The zero-order valence-electron chi connectivity index (χ0n) is 20.4. The summed E-state index contributed by atoms with van der Waals surface area (Å²) in [5.74, 6) is -0.416. The number of ether oxygens (including phenoxy) is 1. The Morgan fingerprint density at radius 1 is 1.15 bits per heavy atom. The average Bonchev–Trinajstić information content (AvgIpc) is 2.80. The van der Waals surface area contributed by atoms with Crippen molar-refractivity contribution < 1.29 is 14.3 Å². The number of anilines is 2. The average molecular weight is 476 g/mol. The van der Waals surface area contributed by atoms with Crippen molar-refractivity contribution in [2.75, 3.05) is 24.0 Å². The molecule has 0 saturated carbocycles. The summed E-state index contributed by atoms with van der Waals surface area (Å²) in [6.07, 6.45) is 4.68. The number of carbonyl (C=O) groups is 2. The van der Waals surface area contributed by atoms with Crippen LogP contribution in [0.5, 0.6) is 5.75 Å². The first kappa shape index (κ1) is 23.7. The van der Waals surface area contributed by atoms with Crippen molar-refractivity contribution >= 4 is 52.2 Å². The van der Waals surface area contributed by atoms with Crippen LogP contribution in [0, 0.1) is 0 Å². The molecule has 0 unspecified atom stereocenters. The van der Waals surface area contributed by atoms with Gasteiger partial charge in [0.25, 0.3) is 11.8 Å². The summed E-state index contributed by atoms with van der Waals surface area (Å²) in [5.41, 5.74) is 5.44. The van der Waals surface area contributed by atoms with Crippen molar-refractivity contribution in [2.45, 2.75) is 39.7 Å². The third-order valence-electron chi connectivity index (χ3n) is 6.57. The molecule has 0 spiro atoms. The summed E-state index contributed by atoms with van der Waals surface area (Å²) in [7, 11) is 3.62. The molecule has 2 amide bonds. The number of likely N-dealkylation sites (N-methyl/N-ethyl adjacent to an activating group) is 1. The first-order chi connectivity index (χ1) is 16.1. The number of carbonyl (C=O) groups excluding carboxylic acids is 2. The Labute approximate surface area is 205 Å². The van der Waals surface area contributed by atoms with E-state index < -0.39 is 11.8 Å². The predicted octanol–water partition coefficient (Wildman–Crippen LogP) is 4.72. The number of hydrogen-bond acceptors (Lipinski definition) is 5. The summed E-state index contributed by atoms with van der Waals surface area (Å²) < 4.78 is 5.66. The minimum atomic E-state index is -0.526. The molecule has 7 heteroatoms. The molecular weight excluding hydrogens is 446 g/mol. The molecule has 0 bridgehead atoms. The highest BCUT2D eigenvalue weighted by Crippen LogP contribution is 2.42. The van der Waals surface area contributed by atoms with E-state index in [-0.39, 0.29) is 16.2 Å². The van der Waals surface area contributed by atoms with Gasteiger partial charge >= 0.3 is 0 Å². The number of benzene rings is 2. The fourth-order valence-corrected chi connectivity index (χ4v) is 4.69. The minimum Gasteiger partial charge on any atom is -0.496 e. The number of thiocarbonyl (C=S) groups is 1. The zero-order valence-corrected chi connectivity index (χ0v) is 21.2. The number of nitrogens with one attached hydrogen (secondary N) is 1. The van der Waals surface area contributed by atoms with Crippen molar-refractivity contribution in [3.05, 3.63) is 64.7 Å². The second-order valence-electron chi connectivity index (χ2n) is 9.13. The highest BCUT2D eigenvalue weighted by Gasteiger charge is 2.35. The molecule has 2 heterocycles. The highest BCUT2D eigenvalue weighted by molar-refractivity contribution is 7.80. The van der Waals surface area contributed by atoms with E-state index in [9.17, 15) is 9.59 Å². The van der Waals surface area contributed by atoms with Crippen LogP contribution >= 0.6 is 12.2 Å². The molecule has 2 aliphatic heterocycles. The van der Waals surface area contributed by atoms with Gasteiger partial charge in [0.15, 0.2) is 5.11 Å². The van der Waals surface area contributed by atoms with Gasteiger partial charge in [-0.25, -0.2) is 0 Å². The normalized spacial score (nSPS) is 18.6. The van der Waals surface area contributed by atoms with Crippen LogP contribution in [-0.2, 0) is 16.0 Å². The molecule has 1 saturated heterocycles. The summed E-state index contributed by atoms with van der Waals surface area (Å²) in [6.45, 7) is 8.43. The van der Waals surface area contributed by atoms with Crippen molar-refractivity contribution in [3.63, 3.8) is 0 Å². The summed E-state index contributed by atoms with van der Waals surface area (Å²) in [4.78, 5) is 29.8. The molecule has 1 fully saturated rings. The molecule has 34 heavy (non-hydrogen) atoms. The van der Waals surface area contributed by atoms with E-state index in [1.54, 1.807) is 13.2 Å². The Morgan fingerprint density at radius 3 is 2.44 bits per heavy atom. The van der Waals surface area contributed by atoms with Crippen LogP contribution in [0.25, 0.3) is 11.6 Å². The molecule has 2 aromatic carbocycles. The van der Waals surface area contributed by atoms with Gasteiger partial charge in [0, 0.05) is 29.9 Å². The first-order valence-corrected chi connectivity index (χ1v) is 11.6. The zero-order chi connectivity index (χ0) is 24.8. The lowest BCUT2D eigenvalue weighted by Crippen LogP contribution is -2.54. The number of allylic oxidation sites excluding steroid dienone is 1. The van der Waals surface area contributed by atoms with Crippen LogP contribution in [0.15, 0.2) is 48.0 Å². The standard InChI is InChI=1S/C27H29N3O3S/c1-7-17-8-10-19(11-9-17)30-25(32)21(24(31)28-26(30)34)13-18-12-20-16(2)15-27(3,4)29(5)22(20)14-23(18)33-6/h8-15H,7H2,1-6H3,(H,28,31,34)/b21-13-. The van der Waals surface area contributed by atoms with E-state index >= 15 is 0 Å². The van der Waals surface area contributed by atoms with E-state index in [4.69, 9.17) is 17.0 Å². The first-order valence-electron chi connectivity index (χ1n) is 11.2. The van der Waals surface area contributed by atoms with Crippen LogP contribution in [0.2, 0.25) is 0 Å². The lowest BCUT2D eigenvalue weighted by molar-refractivity contribution is -0.122. The van der Waals surface area contributed by atoms with Crippen LogP contribution in [0.3, 0.4) is 0 Å². The Morgan fingerprint density at radius 2 is 1.82 bits per heavy atom. The number of fused-ring (bicyclic) bond motifs is 1. The van der Waals surface area contributed by atoms with Crippen LogP contribution in [-0.4, -0.2) is 36.6 Å². The fraction of sp³-hybridized carbons (Fsp3) is 0.296. The van der Waals surface area contributed by atoms with E-state index in [1.807, 2.05) is 43.4 Å². The molecule has 0 aliphatic carbocycles. The maximum atomic E-state index is 13.4. The maximum absolute atomic E-state index is 13.4. The number of hydrogen-bond donors (Lipinski definition) is 1. The molecule has 6 nitrogen and oxygen atoms in total. The van der Waals surface area contributed by atoms with Gasteiger partial charge in [-0.3, -0.25) is 19.8 Å². The molecule has 176 valence electrons. The monoisotopic (exact) mass is 475 g/mol. The predicted molar refractivity (Wildman–Crippen MR) is 141 cm³/mol. The number of nitrogens with zero attached hydrogens (tertiary/aromatic N) is 2. The summed E-state index contributed by atoms with van der Waals surface area (Å²) in [5, 5.41) is 2.72. The topological polar surface area (TPSA) is 61.9 Å². The summed E-state index contributed by atoms with van der Waals surface area (Å²) in [6, 6.07) is 11.5. The fourth-order valence-electron chi connectivity index (χ4n) is 4.41. The van der Waals surface area contributed by atoms with Crippen LogP contribution in [0.4, 0.5) is 11.4 Å². The largest absolute Gasteiger partial charge is 0.496 e. The Balaban J connectivity index is 1.79. The molecule has 4 rings (SSSR count). The molecular formula is C27H29N3O3S. The minimum absolute atomic E-state index is 0.00227. The number of amides is 2. The number of methoxy groups -OCH3 is 1.